The van der Waals surface area contributed by atoms with Crippen LogP contribution in [0.3, 0.4) is 0 Å². The molecule has 0 aliphatic carbocycles. The number of esters is 2. The molecule has 0 unspecified atom stereocenters. The normalized spacial score (nSPS) is 12.9. The Balaban J connectivity index is 5.08. The summed E-state index contributed by atoms with van der Waals surface area (Å²) in [5.74, 6) is -2.12. The minimum absolute atomic E-state index is 0.316. The maximum Gasteiger partial charge on any atom is 0.342 e. The van der Waals surface area contributed by atoms with Gasteiger partial charge >= 0.3 is 11.9 Å². The molecular formula is C14H22O5. The summed E-state index contributed by atoms with van der Waals surface area (Å²) in [4.78, 5) is 34.8. The molecule has 0 saturated heterocycles. The van der Waals surface area contributed by atoms with Crippen molar-refractivity contribution in [3.63, 3.8) is 0 Å². The van der Waals surface area contributed by atoms with E-state index in [9.17, 15) is 14.4 Å². The number of carbonyl (C=O) groups is 3. The van der Waals surface area contributed by atoms with Crippen molar-refractivity contribution in [1.29, 1.82) is 0 Å². The molecule has 0 aliphatic heterocycles. The van der Waals surface area contributed by atoms with Crippen molar-refractivity contribution in [2.45, 2.75) is 59.7 Å². The van der Waals surface area contributed by atoms with Gasteiger partial charge in [0, 0.05) is 6.08 Å². The van der Waals surface area contributed by atoms with Gasteiger partial charge in [0.1, 0.15) is 16.8 Å². The van der Waals surface area contributed by atoms with E-state index in [1.807, 2.05) is 0 Å². The second kappa shape index (κ2) is 5.99. The highest BCUT2D eigenvalue weighted by Gasteiger charge is 2.25. The number of hydrogen-bond acceptors (Lipinski definition) is 5. The van der Waals surface area contributed by atoms with Crippen LogP contribution < -0.4 is 0 Å². The van der Waals surface area contributed by atoms with Crippen molar-refractivity contribution in [3.8, 4) is 0 Å². The molecule has 0 fully saturated rings. The molecule has 0 aromatic rings. The van der Waals surface area contributed by atoms with Gasteiger partial charge in [0.2, 0.25) is 0 Å². The minimum Gasteiger partial charge on any atom is -0.457 e. The Morgan fingerprint density at radius 2 is 1.26 bits per heavy atom. The average Bonchev–Trinajstić information content (AvgIpc) is 2.07. The van der Waals surface area contributed by atoms with Crippen LogP contribution in [0.1, 0.15) is 48.5 Å². The summed E-state index contributed by atoms with van der Waals surface area (Å²) in [7, 11) is 0. The highest BCUT2D eigenvalue weighted by molar-refractivity contribution is 6.19. The fraction of sp³-hybridized carbons (Fsp3) is 0.643. The van der Waals surface area contributed by atoms with Crippen molar-refractivity contribution in [3.05, 3.63) is 11.6 Å². The molecule has 5 nitrogen and oxygen atoms in total. The fourth-order valence-electron chi connectivity index (χ4n) is 1.09. The molecule has 0 aromatic carbocycles. The monoisotopic (exact) mass is 270 g/mol. The number of ketones is 1. The van der Waals surface area contributed by atoms with Gasteiger partial charge in [-0.3, -0.25) is 4.79 Å². The number of Topliss-reactive ketones (excluding diaryl/α,β-unsaturated/α-hetero) is 1. The standard InChI is InChI=1S/C14H22O5/c1-9(15)10(12(17)19-14(5,6)7)8-11(16)18-13(2,3)4/h8H,1-7H3/b10-8-. The van der Waals surface area contributed by atoms with Gasteiger partial charge in [-0.15, -0.1) is 0 Å². The van der Waals surface area contributed by atoms with Crippen molar-refractivity contribution in [2.75, 3.05) is 0 Å². The largest absolute Gasteiger partial charge is 0.457 e. The summed E-state index contributed by atoms with van der Waals surface area (Å²) in [5, 5.41) is 0. The van der Waals surface area contributed by atoms with Crippen molar-refractivity contribution < 1.29 is 23.9 Å². The fourth-order valence-corrected chi connectivity index (χ4v) is 1.09. The Hall–Kier alpha value is -1.65. The third-order valence-electron chi connectivity index (χ3n) is 1.67. The lowest BCUT2D eigenvalue weighted by atomic mass is 10.1. The van der Waals surface area contributed by atoms with Crippen LogP contribution in [0.25, 0.3) is 0 Å². The van der Waals surface area contributed by atoms with Crippen LogP contribution in [0.4, 0.5) is 0 Å². The van der Waals surface area contributed by atoms with Gasteiger partial charge < -0.3 is 9.47 Å². The maximum atomic E-state index is 11.8. The van der Waals surface area contributed by atoms with E-state index in [1.165, 1.54) is 6.92 Å². The van der Waals surface area contributed by atoms with Gasteiger partial charge in [0.05, 0.1) is 0 Å². The molecule has 0 saturated carbocycles. The molecule has 19 heavy (non-hydrogen) atoms. The Morgan fingerprint density at radius 1 is 0.842 bits per heavy atom. The van der Waals surface area contributed by atoms with Crippen LogP contribution >= 0.6 is 0 Å². The smallest absolute Gasteiger partial charge is 0.342 e. The molecule has 0 rings (SSSR count). The van der Waals surface area contributed by atoms with Gasteiger partial charge in [-0.05, 0) is 48.5 Å². The van der Waals surface area contributed by atoms with E-state index in [0.717, 1.165) is 6.08 Å². The van der Waals surface area contributed by atoms with Gasteiger partial charge in [0.25, 0.3) is 0 Å². The predicted octanol–water partition coefficient (Wildman–Crippen LogP) is 2.19. The SMILES string of the molecule is CC(=O)/C(=C/C(=O)OC(C)(C)C)C(=O)OC(C)(C)C. The first-order chi connectivity index (χ1) is 8.32. The third kappa shape index (κ3) is 8.13. The van der Waals surface area contributed by atoms with E-state index >= 15 is 0 Å². The Morgan fingerprint density at radius 3 is 1.58 bits per heavy atom. The maximum absolute atomic E-state index is 11.8. The number of hydrogen-bond donors (Lipinski definition) is 0. The van der Waals surface area contributed by atoms with Gasteiger partial charge in [-0.25, -0.2) is 9.59 Å². The zero-order valence-electron chi connectivity index (χ0n) is 12.6. The van der Waals surface area contributed by atoms with E-state index in [0.29, 0.717) is 0 Å². The van der Waals surface area contributed by atoms with E-state index in [2.05, 4.69) is 0 Å². The van der Waals surface area contributed by atoms with Crippen LogP contribution in [-0.4, -0.2) is 28.9 Å². The molecule has 0 radical (unpaired) electrons. The Kier molecular flexibility index (Phi) is 5.47. The van der Waals surface area contributed by atoms with Crippen LogP contribution in [-0.2, 0) is 23.9 Å². The Labute approximate surface area is 114 Å². The van der Waals surface area contributed by atoms with Crippen LogP contribution in [0.5, 0.6) is 0 Å². The quantitative estimate of drug-likeness (QED) is 0.340. The number of rotatable bonds is 3. The minimum atomic E-state index is -0.828. The molecule has 0 aromatic heterocycles. The van der Waals surface area contributed by atoms with Crippen LogP contribution in [0.2, 0.25) is 0 Å². The number of carbonyl (C=O) groups excluding carboxylic acids is 3. The summed E-state index contributed by atoms with van der Waals surface area (Å²) in [5.41, 5.74) is -1.74. The van der Waals surface area contributed by atoms with Crippen LogP contribution in [0.15, 0.2) is 11.6 Å². The first-order valence-electron chi connectivity index (χ1n) is 6.01. The molecule has 108 valence electrons. The zero-order valence-corrected chi connectivity index (χ0v) is 12.6. The molecule has 0 bridgehead atoms. The average molecular weight is 270 g/mol. The summed E-state index contributed by atoms with van der Waals surface area (Å²) < 4.78 is 10.1. The first kappa shape index (κ1) is 17.4. The van der Waals surface area contributed by atoms with E-state index in [4.69, 9.17) is 9.47 Å². The second-order valence-electron chi connectivity index (χ2n) is 6.15. The highest BCUT2D eigenvalue weighted by atomic mass is 16.6. The van der Waals surface area contributed by atoms with Gasteiger partial charge in [-0.1, -0.05) is 0 Å². The summed E-state index contributed by atoms with van der Waals surface area (Å²) in [6.07, 6.45) is 0.877. The molecule has 0 N–H and O–H groups in total. The molecule has 0 aliphatic rings. The van der Waals surface area contributed by atoms with Crippen molar-refractivity contribution in [1.82, 2.24) is 0 Å². The van der Waals surface area contributed by atoms with E-state index < -0.39 is 28.9 Å². The lowest BCUT2D eigenvalue weighted by molar-refractivity contribution is -0.153. The number of ether oxygens (including phenoxy) is 2. The first-order valence-corrected chi connectivity index (χ1v) is 6.01. The van der Waals surface area contributed by atoms with E-state index in [-0.39, 0.29) is 5.57 Å². The summed E-state index contributed by atoms with van der Waals surface area (Å²) >= 11 is 0. The predicted molar refractivity (Wildman–Crippen MR) is 70.5 cm³/mol. The summed E-state index contributed by atoms with van der Waals surface area (Å²) in [6.45, 7) is 11.3. The van der Waals surface area contributed by atoms with E-state index in [1.54, 1.807) is 41.5 Å². The second-order valence-corrected chi connectivity index (χ2v) is 6.15. The topological polar surface area (TPSA) is 69.7 Å². The molecule has 0 heterocycles. The van der Waals surface area contributed by atoms with Crippen molar-refractivity contribution in [2.24, 2.45) is 0 Å². The third-order valence-corrected chi connectivity index (χ3v) is 1.67. The zero-order chi connectivity index (χ0) is 15.4. The molecule has 0 amide bonds. The molecular weight excluding hydrogens is 248 g/mol. The van der Waals surface area contributed by atoms with Crippen molar-refractivity contribution >= 4 is 17.7 Å². The molecule has 0 atom stereocenters. The Bertz CT molecular complexity index is 405. The van der Waals surface area contributed by atoms with Crippen LogP contribution in [0, 0.1) is 0 Å². The molecule has 5 heteroatoms. The highest BCUT2D eigenvalue weighted by Crippen LogP contribution is 2.13. The lowest BCUT2D eigenvalue weighted by Crippen LogP contribution is -2.28. The lowest BCUT2D eigenvalue weighted by Gasteiger charge is -2.20. The van der Waals surface area contributed by atoms with Gasteiger partial charge in [-0.2, -0.15) is 0 Å². The molecule has 0 spiro atoms. The van der Waals surface area contributed by atoms with Gasteiger partial charge in [0.15, 0.2) is 5.78 Å². The summed E-state index contributed by atoms with van der Waals surface area (Å²) in [6, 6.07) is 0.